The Balaban J connectivity index is 1.69. The Labute approximate surface area is 149 Å². The van der Waals surface area contributed by atoms with E-state index in [0.29, 0.717) is 11.5 Å². The second-order valence-electron chi connectivity index (χ2n) is 6.96. The molecule has 0 atom stereocenters. The lowest BCUT2D eigenvalue weighted by Gasteiger charge is -2.31. The molecule has 2 aromatic rings. The number of aliphatic hydroxyl groups excluding tert-OH is 1. The first-order valence-electron chi connectivity index (χ1n) is 8.98. The molecule has 4 nitrogen and oxygen atoms in total. The number of piperidine rings is 1. The molecule has 2 aromatic carbocycles. The fourth-order valence-corrected chi connectivity index (χ4v) is 3.26. The predicted molar refractivity (Wildman–Crippen MR) is 102 cm³/mol. The summed E-state index contributed by atoms with van der Waals surface area (Å²) >= 11 is 0. The van der Waals surface area contributed by atoms with Gasteiger partial charge in [0.25, 0.3) is 5.91 Å². The maximum atomic E-state index is 12.6. The number of para-hydroxylation sites is 1. The van der Waals surface area contributed by atoms with E-state index in [1.165, 1.54) is 0 Å². The van der Waals surface area contributed by atoms with E-state index in [1.807, 2.05) is 48.5 Å². The van der Waals surface area contributed by atoms with Crippen molar-refractivity contribution in [3.63, 3.8) is 0 Å². The monoisotopic (exact) mass is 338 g/mol. The predicted octanol–water partition coefficient (Wildman–Crippen LogP) is 4.02. The molecule has 1 aliphatic heterocycles. The van der Waals surface area contributed by atoms with Crippen LogP contribution in [0.5, 0.6) is 0 Å². The average molecular weight is 338 g/mol. The van der Waals surface area contributed by atoms with Gasteiger partial charge in [0.05, 0.1) is 6.10 Å². The molecule has 0 aromatic heterocycles. The Kier molecular flexibility index (Phi) is 5.39. The van der Waals surface area contributed by atoms with E-state index >= 15 is 0 Å². The number of benzene rings is 2. The Morgan fingerprint density at radius 2 is 1.72 bits per heavy atom. The number of anilines is 2. The van der Waals surface area contributed by atoms with Crippen LogP contribution in [0, 0.1) is 0 Å². The Morgan fingerprint density at radius 1 is 1.08 bits per heavy atom. The van der Waals surface area contributed by atoms with Gasteiger partial charge in [-0.2, -0.15) is 0 Å². The van der Waals surface area contributed by atoms with Crippen LogP contribution < -0.4 is 10.2 Å². The molecular formula is C21H26N2O2. The number of carbonyl (C=O) groups is 1. The van der Waals surface area contributed by atoms with Crippen LogP contribution in [-0.4, -0.2) is 30.2 Å². The lowest BCUT2D eigenvalue weighted by atomic mass is 10.0. The lowest BCUT2D eigenvalue weighted by molar-refractivity contribution is 0.102. The molecule has 1 fully saturated rings. The number of aliphatic hydroxyl groups is 1. The number of carbonyl (C=O) groups excluding carboxylic acids is 1. The highest BCUT2D eigenvalue weighted by molar-refractivity contribution is 6.04. The molecule has 1 saturated heterocycles. The number of rotatable bonds is 4. The van der Waals surface area contributed by atoms with Gasteiger partial charge in [-0.05, 0) is 54.7 Å². The molecule has 1 heterocycles. The van der Waals surface area contributed by atoms with E-state index in [0.717, 1.165) is 42.9 Å². The van der Waals surface area contributed by atoms with Crippen molar-refractivity contribution in [1.82, 2.24) is 0 Å². The summed E-state index contributed by atoms with van der Waals surface area (Å²) in [6.07, 6.45) is 1.42. The van der Waals surface area contributed by atoms with Gasteiger partial charge in [-0.25, -0.2) is 0 Å². The van der Waals surface area contributed by atoms with Gasteiger partial charge in [-0.15, -0.1) is 0 Å². The van der Waals surface area contributed by atoms with Crippen LogP contribution >= 0.6 is 0 Å². The largest absolute Gasteiger partial charge is 0.393 e. The zero-order valence-corrected chi connectivity index (χ0v) is 14.9. The van der Waals surface area contributed by atoms with Gasteiger partial charge in [0.1, 0.15) is 0 Å². The summed E-state index contributed by atoms with van der Waals surface area (Å²) < 4.78 is 0. The topological polar surface area (TPSA) is 52.6 Å². The standard InChI is InChI=1S/C21H26N2O2/c1-15(2)19-5-3-4-6-20(19)22-21(25)16-7-9-17(10-8-16)23-13-11-18(24)12-14-23/h3-10,15,18,24H,11-14H2,1-2H3,(H,22,25). The molecule has 1 amide bonds. The summed E-state index contributed by atoms with van der Waals surface area (Å²) in [4.78, 5) is 14.8. The van der Waals surface area contributed by atoms with Crippen molar-refractivity contribution in [3.05, 3.63) is 59.7 Å². The number of hydrogen-bond donors (Lipinski definition) is 2. The minimum atomic E-state index is -0.178. The Morgan fingerprint density at radius 3 is 2.36 bits per heavy atom. The number of nitrogens with zero attached hydrogens (tertiary/aromatic N) is 1. The smallest absolute Gasteiger partial charge is 0.255 e. The highest BCUT2D eigenvalue weighted by atomic mass is 16.3. The third-order valence-electron chi connectivity index (χ3n) is 4.79. The Bertz CT molecular complexity index is 717. The van der Waals surface area contributed by atoms with Crippen LogP contribution in [0.25, 0.3) is 0 Å². The van der Waals surface area contributed by atoms with Crippen molar-refractivity contribution >= 4 is 17.3 Å². The van der Waals surface area contributed by atoms with E-state index in [4.69, 9.17) is 0 Å². The highest BCUT2D eigenvalue weighted by Crippen LogP contribution is 2.25. The molecule has 0 aliphatic carbocycles. The fraction of sp³-hybridized carbons (Fsp3) is 0.381. The van der Waals surface area contributed by atoms with E-state index < -0.39 is 0 Å². The maximum absolute atomic E-state index is 12.6. The van der Waals surface area contributed by atoms with Gasteiger partial charge < -0.3 is 15.3 Å². The second-order valence-corrected chi connectivity index (χ2v) is 6.96. The molecule has 1 aliphatic rings. The molecule has 0 saturated carbocycles. The van der Waals surface area contributed by atoms with Crippen LogP contribution in [-0.2, 0) is 0 Å². The van der Waals surface area contributed by atoms with Crippen molar-refractivity contribution in [2.75, 3.05) is 23.3 Å². The van der Waals surface area contributed by atoms with Gasteiger partial charge in [0.15, 0.2) is 0 Å². The molecule has 3 rings (SSSR count). The van der Waals surface area contributed by atoms with Gasteiger partial charge >= 0.3 is 0 Å². The van der Waals surface area contributed by atoms with Gasteiger partial charge in [-0.3, -0.25) is 4.79 Å². The lowest BCUT2D eigenvalue weighted by Crippen LogP contribution is -2.35. The summed E-state index contributed by atoms with van der Waals surface area (Å²) in [6.45, 7) is 5.95. The number of nitrogens with one attached hydrogen (secondary N) is 1. The zero-order chi connectivity index (χ0) is 17.8. The Hall–Kier alpha value is -2.33. The normalized spacial score (nSPS) is 15.4. The summed E-state index contributed by atoms with van der Waals surface area (Å²) in [5.74, 6) is 0.266. The summed E-state index contributed by atoms with van der Waals surface area (Å²) in [7, 11) is 0. The molecule has 2 N–H and O–H groups in total. The number of amides is 1. The van der Waals surface area contributed by atoms with E-state index in [-0.39, 0.29) is 12.0 Å². The first-order chi connectivity index (χ1) is 12.0. The van der Waals surface area contributed by atoms with Crippen molar-refractivity contribution in [2.24, 2.45) is 0 Å². The van der Waals surface area contributed by atoms with Crippen LogP contribution in [0.4, 0.5) is 11.4 Å². The van der Waals surface area contributed by atoms with E-state index in [2.05, 4.69) is 24.1 Å². The third kappa shape index (κ3) is 4.20. The average Bonchev–Trinajstić information content (AvgIpc) is 2.63. The fourth-order valence-electron chi connectivity index (χ4n) is 3.26. The van der Waals surface area contributed by atoms with Crippen molar-refractivity contribution in [3.8, 4) is 0 Å². The molecular weight excluding hydrogens is 312 g/mol. The van der Waals surface area contributed by atoms with Gasteiger partial charge in [0, 0.05) is 30.0 Å². The molecule has 0 unspecified atom stereocenters. The first-order valence-corrected chi connectivity index (χ1v) is 8.98. The zero-order valence-electron chi connectivity index (χ0n) is 14.9. The quantitative estimate of drug-likeness (QED) is 0.885. The van der Waals surface area contributed by atoms with Crippen LogP contribution in [0.15, 0.2) is 48.5 Å². The molecule has 0 bridgehead atoms. The maximum Gasteiger partial charge on any atom is 0.255 e. The minimum absolute atomic E-state index is 0.0892. The molecule has 0 spiro atoms. The molecule has 25 heavy (non-hydrogen) atoms. The third-order valence-corrected chi connectivity index (χ3v) is 4.79. The molecule has 132 valence electrons. The second kappa shape index (κ2) is 7.70. The van der Waals surface area contributed by atoms with Crippen molar-refractivity contribution < 1.29 is 9.90 Å². The van der Waals surface area contributed by atoms with Gasteiger partial charge in [0.2, 0.25) is 0 Å². The van der Waals surface area contributed by atoms with Crippen LogP contribution in [0.3, 0.4) is 0 Å². The molecule has 0 radical (unpaired) electrons. The van der Waals surface area contributed by atoms with Gasteiger partial charge in [-0.1, -0.05) is 32.0 Å². The summed E-state index contributed by atoms with van der Waals surface area (Å²) in [5.41, 5.74) is 3.77. The SMILES string of the molecule is CC(C)c1ccccc1NC(=O)c1ccc(N2CCC(O)CC2)cc1. The summed E-state index contributed by atoms with van der Waals surface area (Å²) in [6, 6.07) is 15.6. The van der Waals surface area contributed by atoms with Crippen LogP contribution in [0.2, 0.25) is 0 Å². The molecule has 4 heteroatoms. The van der Waals surface area contributed by atoms with Crippen LogP contribution in [0.1, 0.15) is 48.5 Å². The highest BCUT2D eigenvalue weighted by Gasteiger charge is 2.17. The van der Waals surface area contributed by atoms with E-state index in [1.54, 1.807) is 0 Å². The summed E-state index contributed by atoms with van der Waals surface area (Å²) in [5, 5.41) is 12.6. The van der Waals surface area contributed by atoms with Crippen molar-refractivity contribution in [2.45, 2.75) is 38.7 Å². The minimum Gasteiger partial charge on any atom is -0.393 e. The van der Waals surface area contributed by atoms with E-state index in [9.17, 15) is 9.90 Å². The number of hydrogen-bond acceptors (Lipinski definition) is 3. The van der Waals surface area contributed by atoms with Crippen molar-refractivity contribution in [1.29, 1.82) is 0 Å². The first kappa shape index (κ1) is 17.5.